The quantitative estimate of drug-likeness (QED) is 0.863. The van der Waals surface area contributed by atoms with Gasteiger partial charge in [-0.15, -0.1) is 0 Å². The molecule has 1 aromatic heterocycles. The summed E-state index contributed by atoms with van der Waals surface area (Å²) in [5, 5.41) is 3.23. The van der Waals surface area contributed by atoms with Gasteiger partial charge in [0.15, 0.2) is 0 Å². The van der Waals surface area contributed by atoms with Gasteiger partial charge >= 0.3 is 0 Å². The van der Waals surface area contributed by atoms with E-state index in [1.807, 2.05) is 29.8 Å². The Hall–Kier alpha value is -1.68. The topological polar surface area (TPSA) is 17.0 Å². The van der Waals surface area contributed by atoms with E-state index in [-0.39, 0.29) is 0 Å². The molecule has 2 nitrogen and oxygen atoms in total. The first-order valence-corrected chi connectivity index (χ1v) is 5.99. The molecule has 0 saturated heterocycles. The van der Waals surface area contributed by atoms with Gasteiger partial charge < -0.3 is 9.88 Å². The minimum Gasteiger partial charge on any atom is -0.346 e. The molecule has 1 N–H and O–H groups in total. The number of halogens is 2. The monoisotopic (exact) mass is 250 g/mol. The van der Waals surface area contributed by atoms with Gasteiger partial charge in [0.1, 0.15) is 11.6 Å². The summed E-state index contributed by atoms with van der Waals surface area (Å²) in [5.74, 6) is -1.05. The number of hydrogen-bond acceptors (Lipinski definition) is 1. The first kappa shape index (κ1) is 12.8. The highest BCUT2D eigenvalue weighted by molar-refractivity contribution is 5.20. The standard InChI is InChI=1S/C14H16F2N2/c1-2-17-9-13-4-3-7-18(13)10-11-5-6-12(15)8-14(11)16/h3-8,17H,2,9-10H2,1H3. The van der Waals surface area contributed by atoms with Gasteiger partial charge in [0.25, 0.3) is 0 Å². The molecule has 0 spiro atoms. The number of hydrogen-bond donors (Lipinski definition) is 1. The Kier molecular flexibility index (Phi) is 4.10. The zero-order chi connectivity index (χ0) is 13.0. The van der Waals surface area contributed by atoms with Crippen LogP contribution in [0.1, 0.15) is 18.2 Å². The van der Waals surface area contributed by atoms with Crippen LogP contribution in [0, 0.1) is 11.6 Å². The maximum atomic E-state index is 13.6. The number of nitrogens with zero attached hydrogens (tertiary/aromatic N) is 1. The highest BCUT2D eigenvalue weighted by atomic mass is 19.1. The number of benzene rings is 1. The highest BCUT2D eigenvalue weighted by Crippen LogP contribution is 2.13. The van der Waals surface area contributed by atoms with Crippen molar-refractivity contribution in [3.8, 4) is 0 Å². The fourth-order valence-electron chi connectivity index (χ4n) is 1.85. The van der Waals surface area contributed by atoms with Gasteiger partial charge in [-0.05, 0) is 24.7 Å². The molecule has 0 fully saturated rings. The average molecular weight is 250 g/mol. The van der Waals surface area contributed by atoms with E-state index in [0.29, 0.717) is 12.1 Å². The molecule has 1 heterocycles. The lowest BCUT2D eigenvalue weighted by Crippen LogP contribution is -2.15. The van der Waals surface area contributed by atoms with Gasteiger partial charge in [-0.25, -0.2) is 8.78 Å². The van der Waals surface area contributed by atoms with Crippen LogP contribution < -0.4 is 5.32 Å². The Bertz CT molecular complexity index is 520. The van der Waals surface area contributed by atoms with Crippen LogP contribution in [0.3, 0.4) is 0 Å². The molecular weight excluding hydrogens is 234 g/mol. The van der Waals surface area contributed by atoms with E-state index in [4.69, 9.17) is 0 Å². The van der Waals surface area contributed by atoms with Gasteiger partial charge in [0.2, 0.25) is 0 Å². The Morgan fingerprint density at radius 3 is 2.78 bits per heavy atom. The average Bonchev–Trinajstić information content (AvgIpc) is 2.77. The minimum absolute atomic E-state index is 0.417. The second kappa shape index (κ2) is 5.78. The zero-order valence-corrected chi connectivity index (χ0v) is 10.3. The van der Waals surface area contributed by atoms with Crippen LogP contribution in [0.4, 0.5) is 8.78 Å². The van der Waals surface area contributed by atoms with Crippen molar-refractivity contribution in [3.05, 3.63) is 59.4 Å². The predicted molar refractivity (Wildman–Crippen MR) is 67.3 cm³/mol. The van der Waals surface area contributed by atoms with Crippen molar-refractivity contribution >= 4 is 0 Å². The Morgan fingerprint density at radius 1 is 1.22 bits per heavy atom. The summed E-state index contributed by atoms with van der Waals surface area (Å²) in [7, 11) is 0. The molecule has 4 heteroatoms. The molecule has 96 valence electrons. The summed E-state index contributed by atoms with van der Waals surface area (Å²) in [6.07, 6.45) is 1.90. The van der Waals surface area contributed by atoms with Gasteiger partial charge in [-0.3, -0.25) is 0 Å². The lowest BCUT2D eigenvalue weighted by Gasteiger charge is -2.10. The maximum absolute atomic E-state index is 13.6. The molecule has 0 unspecified atom stereocenters. The molecule has 18 heavy (non-hydrogen) atoms. The second-order valence-electron chi connectivity index (χ2n) is 4.14. The molecule has 0 aliphatic rings. The number of rotatable bonds is 5. The number of aromatic nitrogens is 1. The molecule has 2 aromatic rings. The molecule has 0 atom stereocenters. The van der Waals surface area contributed by atoms with E-state index in [2.05, 4.69) is 5.32 Å². The smallest absolute Gasteiger partial charge is 0.131 e. The zero-order valence-electron chi connectivity index (χ0n) is 10.3. The first-order chi connectivity index (χ1) is 8.70. The largest absolute Gasteiger partial charge is 0.346 e. The summed E-state index contributed by atoms with van der Waals surface area (Å²) >= 11 is 0. The van der Waals surface area contributed by atoms with Crippen LogP contribution in [0.15, 0.2) is 36.5 Å². The van der Waals surface area contributed by atoms with Crippen LogP contribution in [-0.2, 0) is 13.1 Å². The summed E-state index contributed by atoms with van der Waals surface area (Å²) in [5.41, 5.74) is 1.57. The van der Waals surface area contributed by atoms with E-state index < -0.39 is 11.6 Å². The summed E-state index contributed by atoms with van der Waals surface area (Å²) in [6.45, 7) is 4.08. The molecule has 0 aliphatic carbocycles. The third kappa shape index (κ3) is 2.96. The fourth-order valence-corrected chi connectivity index (χ4v) is 1.85. The lowest BCUT2D eigenvalue weighted by atomic mass is 10.2. The van der Waals surface area contributed by atoms with E-state index >= 15 is 0 Å². The third-order valence-corrected chi connectivity index (χ3v) is 2.84. The van der Waals surface area contributed by atoms with Crippen molar-refractivity contribution in [2.45, 2.75) is 20.0 Å². The molecule has 2 rings (SSSR count). The molecule has 0 aliphatic heterocycles. The number of nitrogens with one attached hydrogen (secondary N) is 1. The van der Waals surface area contributed by atoms with Crippen LogP contribution >= 0.6 is 0 Å². The fraction of sp³-hybridized carbons (Fsp3) is 0.286. The molecule has 0 amide bonds. The van der Waals surface area contributed by atoms with Crippen molar-refractivity contribution < 1.29 is 8.78 Å². The third-order valence-electron chi connectivity index (χ3n) is 2.84. The van der Waals surface area contributed by atoms with Crippen LogP contribution in [0.25, 0.3) is 0 Å². The van der Waals surface area contributed by atoms with E-state index in [1.54, 1.807) is 0 Å². The Balaban J connectivity index is 2.15. The van der Waals surface area contributed by atoms with Gasteiger partial charge in [0.05, 0.1) is 6.54 Å². The van der Waals surface area contributed by atoms with Gasteiger partial charge in [-0.1, -0.05) is 13.0 Å². The first-order valence-electron chi connectivity index (χ1n) is 5.99. The summed E-state index contributed by atoms with van der Waals surface area (Å²) < 4.78 is 28.3. The van der Waals surface area contributed by atoms with Crippen molar-refractivity contribution in [2.24, 2.45) is 0 Å². The molecular formula is C14H16F2N2. The summed E-state index contributed by atoms with van der Waals surface area (Å²) in [4.78, 5) is 0. The predicted octanol–water partition coefficient (Wildman–Crippen LogP) is 2.92. The van der Waals surface area contributed by atoms with Crippen molar-refractivity contribution in [1.82, 2.24) is 9.88 Å². The van der Waals surface area contributed by atoms with Gasteiger partial charge in [-0.2, -0.15) is 0 Å². The molecule has 0 saturated carbocycles. The normalized spacial score (nSPS) is 10.8. The van der Waals surface area contributed by atoms with Crippen LogP contribution in [-0.4, -0.2) is 11.1 Å². The minimum atomic E-state index is -0.545. The lowest BCUT2D eigenvalue weighted by molar-refractivity contribution is 0.562. The SMILES string of the molecule is CCNCc1cccn1Cc1ccc(F)cc1F. The van der Waals surface area contributed by atoms with Gasteiger partial charge in [0, 0.05) is 30.1 Å². The van der Waals surface area contributed by atoms with E-state index in [1.165, 1.54) is 12.1 Å². The second-order valence-corrected chi connectivity index (χ2v) is 4.14. The molecule has 0 radical (unpaired) electrons. The Morgan fingerprint density at radius 2 is 2.06 bits per heavy atom. The van der Waals surface area contributed by atoms with Crippen LogP contribution in [0.5, 0.6) is 0 Å². The van der Waals surface area contributed by atoms with Crippen molar-refractivity contribution in [2.75, 3.05) is 6.54 Å². The highest BCUT2D eigenvalue weighted by Gasteiger charge is 2.06. The van der Waals surface area contributed by atoms with Crippen molar-refractivity contribution in [3.63, 3.8) is 0 Å². The van der Waals surface area contributed by atoms with E-state index in [9.17, 15) is 8.78 Å². The van der Waals surface area contributed by atoms with E-state index in [0.717, 1.165) is 24.8 Å². The maximum Gasteiger partial charge on any atom is 0.131 e. The van der Waals surface area contributed by atoms with Crippen molar-refractivity contribution in [1.29, 1.82) is 0 Å². The molecule has 1 aromatic carbocycles. The van der Waals surface area contributed by atoms with Crippen LogP contribution in [0.2, 0.25) is 0 Å². The molecule has 0 bridgehead atoms. The Labute approximate surface area is 105 Å². The summed E-state index contributed by atoms with van der Waals surface area (Å²) in [6, 6.07) is 7.61.